The number of alkyl halides is 2. The van der Waals surface area contributed by atoms with E-state index in [1.54, 1.807) is 0 Å². The Labute approximate surface area is 81.5 Å². The number of hydrogen-bond acceptors (Lipinski definition) is 3. The molecular weight excluding hydrogens is 190 g/mol. The molecule has 5 heteroatoms. The van der Waals surface area contributed by atoms with Crippen LogP contribution in [0.5, 0.6) is 0 Å². The maximum atomic E-state index is 12.7. The molecule has 1 rings (SSSR count). The van der Waals surface area contributed by atoms with Gasteiger partial charge >= 0.3 is 5.92 Å². The van der Waals surface area contributed by atoms with Crippen molar-refractivity contribution in [1.29, 1.82) is 0 Å². The number of rotatable bonds is 5. The molecule has 0 atom stereocenters. The van der Waals surface area contributed by atoms with Crippen LogP contribution in [0, 0.1) is 0 Å². The molecule has 1 aromatic rings. The summed E-state index contributed by atoms with van der Waals surface area (Å²) < 4.78 is 30.1. The van der Waals surface area contributed by atoms with E-state index in [0.29, 0.717) is 12.1 Å². The van der Waals surface area contributed by atoms with Crippen molar-refractivity contribution >= 4 is 0 Å². The summed E-state index contributed by atoms with van der Waals surface area (Å²) in [4.78, 5) is 3.71. The van der Waals surface area contributed by atoms with Crippen molar-refractivity contribution < 1.29 is 13.2 Å². The normalized spacial score (nSPS) is 12.0. The molecule has 1 heterocycles. The fraction of sp³-hybridized carbons (Fsp3) is 0.667. The highest BCUT2D eigenvalue weighted by Gasteiger charge is 2.30. The zero-order chi connectivity index (χ0) is 10.6. The number of oxazole rings is 1. The zero-order valence-corrected chi connectivity index (χ0v) is 8.31. The Balaban J connectivity index is 2.51. The van der Waals surface area contributed by atoms with Gasteiger partial charge in [0.25, 0.3) is 5.89 Å². The highest BCUT2D eigenvalue weighted by atomic mass is 19.3. The minimum atomic E-state index is -2.98. The number of aryl methyl sites for hydroxylation is 1. The summed E-state index contributed by atoms with van der Waals surface area (Å²) >= 11 is 0. The van der Waals surface area contributed by atoms with Crippen LogP contribution in [-0.2, 0) is 12.3 Å². The number of hydrogen-bond donors (Lipinski definition) is 1. The lowest BCUT2D eigenvalue weighted by molar-refractivity contribution is -0.0109. The van der Waals surface area contributed by atoms with Gasteiger partial charge in [-0.1, -0.05) is 0 Å². The second-order valence-corrected chi connectivity index (χ2v) is 3.24. The predicted octanol–water partition coefficient (Wildman–Crippen LogP) is 1.94. The van der Waals surface area contributed by atoms with Crippen LogP contribution in [0.4, 0.5) is 8.78 Å². The molecule has 0 saturated heterocycles. The SMILES string of the molecule is CNCCCc1coc(C(C)(F)F)n1. The Morgan fingerprint density at radius 1 is 1.57 bits per heavy atom. The summed E-state index contributed by atoms with van der Waals surface area (Å²) in [6.07, 6.45) is 2.81. The number of aromatic nitrogens is 1. The van der Waals surface area contributed by atoms with E-state index >= 15 is 0 Å². The van der Waals surface area contributed by atoms with Crippen LogP contribution in [0.3, 0.4) is 0 Å². The Hall–Kier alpha value is -0.970. The van der Waals surface area contributed by atoms with Gasteiger partial charge in [0.2, 0.25) is 0 Å². The molecule has 0 fully saturated rings. The van der Waals surface area contributed by atoms with Gasteiger partial charge in [-0.15, -0.1) is 0 Å². The minimum absolute atomic E-state index is 0.503. The van der Waals surface area contributed by atoms with E-state index in [1.165, 1.54) is 6.26 Å². The van der Waals surface area contributed by atoms with E-state index in [9.17, 15) is 8.78 Å². The summed E-state index contributed by atoms with van der Waals surface area (Å²) in [7, 11) is 1.84. The van der Waals surface area contributed by atoms with Crippen LogP contribution in [0.1, 0.15) is 24.9 Å². The molecule has 80 valence electrons. The van der Waals surface area contributed by atoms with E-state index in [4.69, 9.17) is 0 Å². The molecule has 0 aliphatic rings. The highest BCUT2D eigenvalue weighted by Crippen LogP contribution is 2.25. The molecule has 0 aliphatic carbocycles. The van der Waals surface area contributed by atoms with Gasteiger partial charge < -0.3 is 9.73 Å². The summed E-state index contributed by atoms with van der Waals surface area (Å²) in [5.41, 5.74) is 0.580. The minimum Gasteiger partial charge on any atom is -0.443 e. The van der Waals surface area contributed by atoms with Gasteiger partial charge in [0.15, 0.2) is 0 Å². The Bertz CT molecular complexity index is 281. The quantitative estimate of drug-likeness (QED) is 0.745. The van der Waals surface area contributed by atoms with Crippen molar-refractivity contribution in [2.24, 2.45) is 0 Å². The molecule has 0 aliphatic heterocycles. The standard InChI is InChI=1S/C9H14F2N2O/c1-9(10,11)8-13-7(6-14-8)4-3-5-12-2/h6,12H,3-5H2,1-2H3. The van der Waals surface area contributed by atoms with E-state index in [0.717, 1.165) is 19.9 Å². The first-order valence-corrected chi connectivity index (χ1v) is 4.51. The predicted molar refractivity (Wildman–Crippen MR) is 48.3 cm³/mol. The average Bonchev–Trinajstić information content (AvgIpc) is 2.52. The third-order valence-electron chi connectivity index (χ3n) is 1.79. The Morgan fingerprint density at radius 2 is 2.29 bits per heavy atom. The Kier molecular flexibility index (Phi) is 3.57. The van der Waals surface area contributed by atoms with Crippen molar-refractivity contribution in [3.8, 4) is 0 Å². The Morgan fingerprint density at radius 3 is 2.79 bits per heavy atom. The van der Waals surface area contributed by atoms with Gasteiger partial charge in [-0.3, -0.25) is 0 Å². The van der Waals surface area contributed by atoms with Gasteiger partial charge in [0, 0.05) is 6.92 Å². The summed E-state index contributed by atoms with van der Waals surface area (Å²) in [5, 5.41) is 2.97. The largest absolute Gasteiger partial charge is 0.443 e. The van der Waals surface area contributed by atoms with Crippen molar-refractivity contribution in [3.63, 3.8) is 0 Å². The second kappa shape index (κ2) is 4.50. The van der Waals surface area contributed by atoms with Gasteiger partial charge in [0.05, 0.1) is 5.69 Å². The van der Waals surface area contributed by atoms with E-state index in [1.807, 2.05) is 7.05 Å². The summed E-state index contributed by atoms with van der Waals surface area (Å²) in [6.45, 7) is 1.61. The van der Waals surface area contributed by atoms with Gasteiger partial charge in [-0.05, 0) is 26.4 Å². The summed E-state index contributed by atoms with van der Waals surface area (Å²) in [5.74, 6) is -3.49. The van der Waals surface area contributed by atoms with Crippen LogP contribution in [0.2, 0.25) is 0 Å². The van der Waals surface area contributed by atoms with E-state index in [-0.39, 0.29) is 0 Å². The fourth-order valence-electron chi connectivity index (χ4n) is 1.07. The first-order chi connectivity index (χ1) is 6.54. The first-order valence-electron chi connectivity index (χ1n) is 4.51. The molecule has 0 bridgehead atoms. The zero-order valence-electron chi connectivity index (χ0n) is 8.31. The molecule has 1 aromatic heterocycles. The molecule has 0 spiro atoms. The molecule has 0 saturated carbocycles. The lowest BCUT2D eigenvalue weighted by atomic mass is 10.2. The first kappa shape index (κ1) is 11.1. The molecule has 3 nitrogen and oxygen atoms in total. The molecule has 0 radical (unpaired) electrons. The molecule has 0 amide bonds. The maximum Gasteiger partial charge on any atom is 0.319 e. The van der Waals surface area contributed by atoms with Crippen molar-refractivity contribution in [3.05, 3.63) is 17.8 Å². The monoisotopic (exact) mass is 204 g/mol. The molecule has 0 aromatic carbocycles. The van der Waals surface area contributed by atoms with Crippen LogP contribution < -0.4 is 5.32 Å². The van der Waals surface area contributed by atoms with Gasteiger partial charge in [-0.2, -0.15) is 8.78 Å². The lowest BCUT2D eigenvalue weighted by Crippen LogP contribution is -2.09. The molecule has 0 unspecified atom stereocenters. The van der Waals surface area contributed by atoms with Crippen molar-refractivity contribution in [1.82, 2.24) is 10.3 Å². The fourth-order valence-corrected chi connectivity index (χ4v) is 1.07. The van der Waals surface area contributed by atoms with Crippen LogP contribution in [-0.4, -0.2) is 18.6 Å². The topological polar surface area (TPSA) is 38.1 Å². The van der Waals surface area contributed by atoms with Crippen LogP contribution >= 0.6 is 0 Å². The van der Waals surface area contributed by atoms with E-state index < -0.39 is 11.8 Å². The van der Waals surface area contributed by atoms with Gasteiger partial charge in [0.1, 0.15) is 6.26 Å². The van der Waals surface area contributed by atoms with Crippen LogP contribution in [0.15, 0.2) is 10.7 Å². The lowest BCUT2D eigenvalue weighted by Gasteiger charge is -2.02. The molecule has 14 heavy (non-hydrogen) atoms. The van der Waals surface area contributed by atoms with Crippen molar-refractivity contribution in [2.45, 2.75) is 25.7 Å². The highest BCUT2D eigenvalue weighted by molar-refractivity contribution is 5.00. The third kappa shape index (κ3) is 3.06. The van der Waals surface area contributed by atoms with Gasteiger partial charge in [-0.25, -0.2) is 4.98 Å². The average molecular weight is 204 g/mol. The van der Waals surface area contributed by atoms with Crippen molar-refractivity contribution in [2.75, 3.05) is 13.6 Å². The number of halogens is 2. The second-order valence-electron chi connectivity index (χ2n) is 3.24. The molecular formula is C9H14F2N2O. The maximum absolute atomic E-state index is 12.7. The third-order valence-corrected chi connectivity index (χ3v) is 1.79. The smallest absolute Gasteiger partial charge is 0.319 e. The summed E-state index contributed by atoms with van der Waals surface area (Å²) in [6, 6.07) is 0. The number of nitrogens with zero attached hydrogens (tertiary/aromatic N) is 1. The molecule has 1 N–H and O–H groups in total. The number of nitrogens with one attached hydrogen (secondary N) is 1. The van der Waals surface area contributed by atoms with E-state index in [2.05, 4.69) is 14.7 Å². The van der Waals surface area contributed by atoms with Crippen LogP contribution in [0.25, 0.3) is 0 Å².